The molecular weight excluding hydrogens is 280 g/mol. The molecule has 0 aliphatic carbocycles. The second-order valence-corrected chi connectivity index (χ2v) is 5.36. The average molecular weight is 295 g/mol. The van der Waals surface area contributed by atoms with E-state index < -0.39 is 5.60 Å². The Bertz CT molecular complexity index is 619. The molecular formula is C13H15ClN4O2. The highest BCUT2D eigenvalue weighted by Gasteiger charge is 2.20. The molecule has 1 aromatic carbocycles. The molecule has 0 saturated heterocycles. The van der Waals surface area contributed by atoms with Gasteiger partial charge >= 0.3 is 0 Å². The molecule has 0 spiro atoms. The van der Waals surface area contributed by atoms with Crippen molar-refractivity contribution in [3.8, 4) is 0 Å². The molecule has 0 atom stereocenters. The van der Waals surface area contributed by atoms with Crippen molar-refractivity contribution in [3.63, 3.8) is 0 Å². The van der Waals surface area contributed by atoms with Crippen LogP contribution in [0.5, 0.6) is 0 Å². The molecule has 0 unspecified atom stereocenters. The summed E-state index contributed by atoms with van der Waals surface area (Å²) >= 11 is 5.84. The lowest BCUT2D eigenvalue weighted by atomic mass is 10.1. The summed E-state index contributed by atoms with van der Waals surface area (Å²) < 4.78 is 1.37. The third-order valence-electron chi connectivity index (χ3n) is 2.58. The van der Waals surface area contributed by atoms with Crippen LogP contribution >= 0.6 is 11.6 Å². The largest absolute Gasteiger partial charge is 0.384 e. The van der Waals surface area contributed by atoms with Gasteiger partial charge in [-0.3, -0.25) is 4.79 Å². The Labute approximate surface area is 121 Å². The van der Waals surface area contributed by atoms with Gasteiger partial charge in [0.1, 0.15) is 17.8 Å². The predicted octanol–water partition coefficient (Wildman–Crippen LogP) is 1.80. The van der Waals surface area contributed by atoms with Crippen molar-refractivity contribution in [1.29, 1.82) is 0 Å². The van der Waals surface area contributed by atoms with Gasteiger partial charge in [0, 0.05) is 10.7 Å². The Balaban J connectivity index is 2.00. The van der Waals surface area contributed by atoms with E-state index in [1.807, 2.05) is 0 Å². The maximum absolute atomic E-state index is 11.8. The number of anilines is 1. The number of nitrogens with one attached hydrogen (secondary N) is 1. The molecule has 0 saturated carbocycles. The van der Waals surface area contributed by atoms with Gasteiger partial charge in [-0.05, 0) is 32.0 Å². The first-order valence-corrected chi connectivity index (χ1v) is 6.41. The van der Waals surface area contributed by atoms with Crippen molar-refractivity contribution < 1.29 is 9.90 Å². The number of carbonyl (C=O) groups is 1. The Kier molecular flexibility index (Phi) is 4.06. The maximum Gasteiger partial charge on any atom is 0.246 e. The molecule has 2 aromatic rings. The van der Waals surface area contributed by atoms with Gasteiger partial charge in [0.25, 0.3) is 0 Å². The number of hydrogen-bond donors (Lipinski definition) is 2. The summed E-state index contributed by atoms with van der Waals surface area (Å²) in [4.78, 5) is 11.8. The van der Waals surface area contributed by atoms with Crippen molar-refractivity contribution in [2.24, 2.45) is 0 Å². The molecule has 0 aliphatic heterocycles. The normalized spacial score (nSPS) is 11.4. The molecule has 20 heavy (non-hydrogen) atoms. The quantitative estimate of drug-likeness (QED) is 0.901. The number of carbonyl (C=O) groups excluding carboxylic acids is 1. The Hall–Kier alpha value is -1.92. The number of rotatable bonds is 4. The Morgan fingerprint density at radius 2 is 2.25 bits per heavy atom. The van der Waals surface area contributed by atoms with Crippen LogP contribution in [0, 0.1) is 0 Å². The standard InChI is InChI=1S/C13H15ClN4O2/c1-13(2,20)11-7-18(17-16-11)8-12(19)15-10-5-3-4-9(14)6-10/h3-7,20H,8H2,1-2H3,(H,15,19). The van der Waals surface area contributed by atoms with Gasteiger partial charge in [0.15, 0.2) is 0 Å². The van der Waals surface area contributed by atoms with E-state index in [-0.39, 0.29) is 12.5 Å². The van der Waals surface area contributed by atoms with Crippen LogP contribution in [0.2, 0.25) is 5.02 Å². The molecule has 2 rings (SSSR count). The Morgan fingerprint density at radius 3 is 2.85 bits per heavy atom. The van der Waals surface area contributed by atoms with Crippen LogP contribution in [0.1, 0.15) is 19.5 Å². The minimum absolute atomic E-state index is 0.00952. The summed E-state index contributed by atoms with van der Waals surface area (Å²) in [6.07, 6.45) is 1.54. The highest BCUT2D eigenvalue weighted by Crippen LogP contribution is 2.16. The monoisotopic (exact) mass is 294 g/mol. The van der Waals surface area contributed by atoms with Crippen molar-refractivity contribution in [3.05, 3.63) is 41.2 Å². The number of amides is 1. The Morgan fingerprint density at radius 1 is 1.50 bits per heavy atom. The van der Waals surface area contributed by atoms with Gasteiger partial charge in [-0.1, -0.05) is 22.9 Å². The van der Waals surface area contributed by atoms with Crippen molar-refractivity contribution >= 4 is 23.2 Å². The van der Waals surface area contributed by atoms with E-state index in [1.54, 1.807) is 38.1 Å². The van der Waals surface area contributed by atoms with E-state index in [4.69, 9.17) is 11.6 Å². The maximum atomic E-state index is 11.8. The second-order valence-electron chi connectivity index (χ2n) is 4.92. The van der Waals surface area contributed by atoms with E-state index in [1.165, 1.54) is 10.9 Å². The first-order valence-electron chi connectivity index (χ1n) is 6.03. The zero-order valence-electron chi connectivity index (χ0n) is 11.2. The van der Waals surface area contributed by atoms with Crippen molar-refractivity contribution in [2.45, 2.75) is 26.0 Å². The summed E-state index contributed by atoms with van der Waals surface area (Å²) in [7, 11) is 0. The molecule has 106 valence electrons. The van der Waals surface area contributed by atoms with Crippen LogP contribution in [-0.4, -0.2) is 26.0 Å². The third kappa shape index (κ3) is 3.79. The minimum Gasteiger partial charge on any atom is -0.384 e. The van der Waals surface area contributed by atoms with Crippen LogP contribution in [0.3, 0.4) is 0 Å². The van der Waals surface area contributed by atoms with Crippen LogP contribution in [0.25, 0.3) is 0 Å². The fourth-order valence-electron chi connectivity index (χ4n) is 1.57. The first kappa shape index (κ1) is 14.5. The van der Waals surface area contributed by atoms with E-state index in [0.717, 1.165) is 0 Å². The fraction of sp³-hybridized carbons (Fsp3) is 0.308. The zero-order valence-corrected chi connectivity index (χ0v) is 11.9. The molecule has 7 heteroatoms. The summed E-state index contributed by atoms with van der Waals surface area (Å²) in [5.74, 6) is -0.250. The van der Waals surface area contributed by atoms with Crippen molar-refractivity contribution in [2.75, 3.05) is 5.32 Å². The molecule has 2 N–H and O–H groups in total. The van der Waals surface area contributed by atoms with Crippen LogP contribution in [-0.2, 0) is 16.9 Å². The minimum atomic E-state index is -1.08. The number of halogens is 1. The molecule has 0 aliphatic rings. The molecule has 0 radical (unpaired) electrons. The van der Waals surface area contributed by atoms with E-state index in [0.29, 0.717) is 16.4 Å². The lowest BCUT2D eigenvalue weighted by molar-refractivity contribution is -0.116. The fourth-order valence-corrected chi connectivity index (χ4v) is 1.76. The second kappa shape index (κ2) is 5.60. The zero-order chi connectivity index (χ0) is 14.8. The van der Waals surface area contributed by atoms with Crippen LogP contribution < -0.4 is 5.32 Å². The number of hydrogen-bond acceptors (Lipinski definition) is 4. The molecule has 1 amide bonds. The predicted molar refractivity (Wildman–Crippen MR) is 75.3 cm³/mol. The highest BCUT2D eigenvalue weighted by molar-refractivity contribution is 6.30. The summed E-state index contributed by atoms with van der Waals surface area (Å²) in [6, 6.07) is 6.88. The van der Waals surface area contributed by atoms with E-state index in [9.17, 15) is 9.90 Å². The molecule has 6 nitrogen and oxygen atoms in total. The van der Waals surface area contributed by atoms with Gasteiger partial charge in [-0.25, -0.2) is 4.68 Å². The lowest BCUT2D eigenvalue weighted by Gasteiger charge is -2.11. The smallest absolute Gasteiger partial charge is 0.246 e. The highest BCUT2D eigenvalue weighted by atomic mass is 35.5. The summed E-state index contributed by atoms with van der Waals surface area (Å²) in [5.41, 5.74) is -0.0554. The molecule has 0 bridgehead atoms. The number of benzene rings is 1. The SMILES string of the molecule is CC(C)(O)c1cn(CC(=O)Nc2cccc(Cl)c2)nn1. The first-order chi connectivity index (χ1) is 9.34. The van der Waals surface area contributed by atoms with Crippen LogP contribution in [0.4, 0.5) is 5.69 Å². The van der Waals surface area contributed by atoms with Crippen molar-refractivity contribution in [1.82, 2.24) is 15.0 Å². The van der Waals surface area contributed by atoms with E-state index >= 15 is 0 Å². The lowest BCUT2D eigenvalue weighted by Crippen LogP contribution is -2.19. The molecule has 0 fully saturated rings. The van der Waals surface area contributed by atoms with Gasteiger partial charge in [0.2, 0.25) is 5.91 Å². The van der Waals surface area contributed by atoms with Gasteiger partial charge in [0.05, 0.1) is 6.20 Å². The number of aromatic nitrogens is 3. The molecule has 1 heterocycles. The topological polar surface area (TPSA) is 80.0 Å². The summed E-state index contributed by atoms with van der Waals surface area (Å²) in [6.45, 7) is 3.22. The van der Waals surface area contributed by atoms with Gasteiger partial charge < -0.3 is 10.4 Å². The van der Waals surface area contributed by atoms with E-state index in [2.05, 4.69) is 15.6 Å². The van der Waals surface area contributed by atoms with Crippen LogP contribution in [0.15, 0.2) is 30.5 Å². The molecule has 1 aromatic heterocycles. The number of aliphatic hydroxyl groups is 1. The third-order valence-corrected chi connectivity index (χ3v) is 2.81. The average Bonchev–Trinajstić information content (AvgIpc) is 2.76. The number of nitrogens with zero attached hydrogens (tertiary/aromatic N) is 3. The summed E-state index contributed by atoms with van der Waals surface area (Å²) in [5, 5.41) is 20.6. The van der Waals surface area contributed by atoms with Gasteiger partial charge in [-0.2, -0.15) is 0 Å². The van der Waals surface area contributed by atoms with Gasteiger partial charge in [-0.15, -0.1) is 5.10 Å².